The van der Waals surface area contributed by atoms with E-state index in [4.69, 9.17) is 9.84 Å². The fourth-order valence-corrected chi connectivity index (χ4v) is 2.15. The summed E-state index contributed by atoms with van der Waals surface area (Å²) in [4.78, 5) is 10.5. The molecule has 15 heavy (non-hydrogen) atoms. The van der Waals surface area contributed by atoms with Gasteiger partial charge in [-0.2, -0.15) is 5.10 Å². The first-order chi connectivity index (χ1) is 7.18. The summed E-state index contributed by atoms with van der Waals surface area (Å²) in [5.41, 5.74) is 0.858. The number of nitrogens with zero attached hydrogens (tertiary/aromatic N) is 2. The molecule has 2 rings (SSSR count). The number of ether oxygens (including phenoxy) is 1. The summed E-state index contributed by atoms with van der Waals surface area (Å²) in [5, 5.41) is 12.9. The van der Waals surface area contributed by atoms with E-state index < -0.39 is 5.97 Å². The molecular formula is C9H11BrN2O3. The number of aromatic nitrogens is 2. The van der Waals surface area contributed by atoms with Gasteiger partial charge in [0.15, 0.2) is 0 Å². The lowest BCUT2D eigenvalue weighted by Gasteiger charge is -2.15. The highest BCUT2D eigenvalue weighted by atomic mass is 79.9. The Hall–Kier alpha value is -1.04. The topological polar surface area (TPSA) is 64.3 Å². The molecule has 0 unspecified atom stereocenters. The van der Waals surface area contributed by atoms with Crippen LogP contribution in [0.4, 0.5) is 0 Å². The molecule has 2 heterocycles. The molecule has 0 fully saturated rings. The number of hydrogen-bond acceptors (Lipinski definition) is 3. The van der Waals surface area contributed by atoms with Crippen LogP contribution < -0.4 is 4.74 Å². The third kappa shape index (κ3) is 2.14. The van der Waals surface area contributed by atoms with Crippen molar-refractivity contribution in [3.05, 3.63) is 10.2 Å². The number of aryl methyl sites for hydroxylation is 1. The Bertz CT molecular complexity index is 389. The van der Waals surface area contributed by atoms with E-state index in [2.05, 4.69) is 21.0 Å². The lowest BCUT2D eigenvalue weighted by atomic mass is 10.2. The molecule has 5 nitrogen and oxygen atoms in total. The van der Waals surface area contributed by atoms with Gasteiger partial charge in [-0.1, -0.05) is 0 Å². The van der Waals surface area contributed by atoms with Crippen LogP contribution in [-0.2, 0) is 17.8 Å². The fraction of sp³-hybridized carbons (Fsp3) is 0.556. The van der Waals surface area contributed by atoms with Crippen LogP contribution in [0.1, 0.15) is 18.4 Å². The van der Waals surface area contributed by atoms with Gasteiger partial charge in [0.2, 0.25) is 5.88 Å². The van der Waals surface area contributed by atoms with Crippen molar-refractivity contribution < 1.29 is 14.6 Å². The summed E-state index contributed by atoms with van der Waals surface area (Å²) in [7, 11) is 0. The van der Waals surface area contributed by atoms with Gasteiger partial charge in [0, 0.05) is 24.9 Å². The molecule has 0 aliphatic carbocycles. The average molecular weight is 275 g/mol. The van der Waals surface area contributed by atoms with Crippen LogP contribution in [-0.4, -0.2) is 27.5 Å². The predicted octanol–water partition coefficient (Wildman–Crippen LogP) is 1.45. The lowest BCUT2D eigenvalue weighted by Crippen LogP contribution is -2.15. The molecule has 0 radical (unpaired) electrons. The second kappa shape index (κ2) is 4.22. The third-order valence-corrected chi connectivity index (χ3v) is 2.93. The molecule has 0 saturated heterocycles. The van der Waals surface area contributed by atoms with Crippen LogP contribution in [0, 0.1) is 0 Å². The van der Waals surface area contributed by atoms with E-state index in [1.54, 1.807) is 4.68 Å². The minimum absolute atomic E-state index is 0.0979. The second-order valence-electron chi connectivity index (χ2n) is 3.39. The maximum atomic E-state index is 10.5. The van der Waals surface area contributed by atoms with Crippen LogP contribution >= 0.6 is 15.9 Å². The molecule has 0 bridgehead atoms. The maximum absolute atomic E-state index is 10.5. The van der Waals surface area contributed by atoms with Gasteiger partial charge in [-0.05, 0) is 22.4 Å². The molecule has 0 aromatic carbocycles. The van der Waals surface area contributed by atoms with E-state index in [0.717, 1.165) is 24.4 Å². The summed E-state index contributed by atoms with van der Waals surface area (Å²) >= 11 is 3.32. The molecule has 0 atom stereocenters. The van der Waals surface area contributed by atoms with Gasteiger partial charge < -0.3 is 9.84 Å². The molecule has 6 heteroatoms. The highest BCUT2D eigenvalue weighted by molar-refractivity contribution is 9.10. The first-order valence-corrected chi connectivity index (χ1v) is 5.57. The van der Waals surface area contributed by atoms with Crippen LogP contribution in [0.25, 0.3) is 0 Å². The molecular weight excluding hydrogens is 264 g/mol. The normalized spacial score (nSPS) is 14.5. The van der Waals surface area contributed by atoms with E-state index in [9.17, 15) is 4.79 Å². The number of fused-ring (bicyclic) bond motifs is 1. The SMILES string of the molecule is O=C(O)CCc1c(Br)nn2c1OCCC2. The summed E-state index contributed by atoms with van der Waals surface area (Å²) < 4.78 is 7.96. The highest BCUT2D eigenvalue weighted by Gasteiger charge is 2.20. The molecule has 0 spiro atoms. The number of carboxylic acids is 1. The Morgan fingerprint density at radius 2 is 2.47 bits per heavy atom. The zero-order chi connectivity index (χ0) is 10.8. The van der Waals surface area contributed by atoms with Crippen molar-refractivity contribution in [1.82, 2.24) is 9.78 Å². The van der Waals surface area contributed by atoms with Crippen molar-refractivity contribution >= 4 is 21.9 Å². The first-order valence-electron chi connectivity index (χ1n) is 4.78. The minimum atomic E-state index is -0.808. The first kappa shape index (κ1) is 10.5. The number of halogens is 1. The van der Waals surface area contributed by atoms with E-state index in [0.29, 0.717) is 17.6 Å². The summed E-state index contributed by atoms with van der Waals surface area (Å²) in [5.74, 6) is -0.0907. The number of rotatable bonds is 3. The summed E-state index contributed by atoms with van der Waals surface area (Å²) in [6.07, 6.45) is 1.49. The van der Waals surface area contributed by atoms with Gasteiger partial charge in [0.1, 0.15) is 4.60 Å². The van der Waals surface area contributed by atoms with E-state index >= 15 is 0 Å². The van der Waals surface area contributed by atoms with Crippen molar-refractivity contribution in [1.29, 1.82) is 0 Å². The molecule has 1 aliphatic heterocycles. The van der Waals surface area contributed by atoms with E-state index in [1.165, 1.54) is 0 Å². The highest BCUT2D eigenvalue weighted by Crippen LogP contribution is 2.30. The largest absolute Gasteiger partial charge is 0.481 e. The van der Waals surface area contributed by atoms with Crippen molar-refractivity contribution in [2.24, 2.45) is 0 Å². The molecule has 1 N–H and O–H groups in total. The van der Waals surface area contributed by atoms with Crippen LogP contribution in [0.5, 0.6) is 5.88 Å². The zero-order valence-corrected chi connectivity index (χ0v) is 9.66. The quantitative estimate of drug-likeness (QED) is 0.906. The molecule has 0 amide bonds. The van der Waals surface area contributed by atoms with Crippen molar-refractivity contribution in [3.63, 3.8) is 0 Å². The van der Waals surface area contributed by atoms with Gasteiger partial charge in [-0.3, -0.25) is 4.79 Å². The fourth-order valence-electron chi connectivity index (χ4n) is 1.59. The number of hydrogen-bond donors (Lipinski definition) is 1. The Morgan fingerprint density at radius 1 is 1.67 bits per heavy atom. The minimum Gasteiger partial charge on any atom is -0.481 e. The van der Waals surface area contributed by atoms with Gasteiger partial charge in [0.25, 0.3) is 0 Å². The average Bonchev–Trinajstić information content (AvgIpc) is 2.50. The number of carbonyl (C=O) groups is 1. The van der Waals surface area contributed by atoms with Gasteiger partial charge in [-0.25, -0.2) is 4.68 Å². The Kier molecular flexibility index (Phi) is 2.95. The maximum Gasteiger partial charge on any atom is 0.303 e. The number of carboxylic acid groups (broad SMARTS) is 1. The van der Waals surface area contributed by atoms with Gasteiger partial charge in [0.05, 0.1) is 6.61 Å². The summed E-state index contributed by atoms with van der Waals surface area (Å²) in [6.45, 7) is 1.51. The van der Waals surface area contributed by atoms with Crippen LogP contribution in [0.15, 0.2) is 4.60 Å². The molecule has 1 aromatic heterocycles. The number of aliphatic carboxylic acids is 1. The smallest absolute Gasteiger partial charge is 0.303 e. The lowest BCUT2D eigenvalue weighted by molar-refractivity contribution is -0.136. The predicted molar refractivity (Wildman–Crippen MR) is 56.0 cm³/mol. The molecule has 1 aromatic rings. The monoisotopic (exact) mass is 274 g/mol. The van der Waals surface area contributed by atoms with Crippen molar-refractivity contribution in [2.45, 2.75) is 25.8 Å². The Labute approximate surface area is 95.2 Å². The molecule has 0 saturated carbocycles. The second-order valence-corrected chi connectivity index (χ2v) is 4.14. The third-order valence-electron chi connectivity index (χ3n) is 2.29. The molecule has 1 aliphatic rings. The van der Waals surface area contributed by atoms with E-state index in [1.807, 2.05) is 0 Å². The van der Waals surface area contributed by atoms with Crippen molar-refractivity contribution in [2.75, 3.05) is 6.61 Å². The van der Waals surface area contributed by atoms with E-state index in [-0.39, 0.29) is 6.42 Å². The van der Waals surface area contributed by atoms with Gasteiger partial charge >= 0.3 is 5.97 Å². The summed E-state index contributed by atoms with van der Waals surface area (Å²) in [6, 6.07) is 0. The van der Waals surface area contributed by atoms with Crippen LogP contribution in [0.3, 0.4) is 0 Å². The van der Waals surface area contributed by atoms with Crippen molar-refractivity contribution in [3.8, 4) is 5.88 Å². The zero-order valence-electron chi connectivity index (χ0n) is 8.07. The Balaban J connectivity index is 2.21. The Morgan fingerprint density at radius 3 is 3.20 bits per heavy atom. The standard InChI is InChI=1S/C9H11BrN2O3/c10-8-6(2-3-7(13)14)9-12(11-8)4-1-5-15-9/h1-5H2,(H,13,14). The van der Waals surface area contributed by atoms with Gasteiger partial charge in [-0.15, -0.1) is 0 Å². The molecule has 82 valence electrons. The van der Waals surface area contributed by atoms with Crippen LogP contribution in [0.2, 0.25) is 0 Å².